The second-order valence-corrected chi connectivity index (χ2v) is 13.8. The number of rotatable bonds is 11. The lowest BCUT2D eigenvalue weighted by molar-refractivity contribution is -0.183. The first kappa shape index (κ1) is 31.4. The van der Waals surface area contributed by atoms with Crippen LogP contribution in [0.2, 0.25) is 10.0 Å². The zero-order valence-electron chi connectivity index (χ0n) is 23.3. The molecule has 2 fully saturated rings. The second kappa shape index (κ2) is 12.5. The Morgan fingerprint density at radius 3 is 2.37 bits per heavy atom. The van der Waals surface area contributed by atoms with E-state index in [1.807, 2.05) is 6.92 Å². The molecule has 1 aliphatic heterocycles. The van der Waals surface area contributed by atoms with Crippen LogP contribution in [0.25, 0.3) is 0 Å². The number of nitrogens with one attached hydrogen (secondary N) is 1. The van der Waals surface area contributed by atoms with Gasteiger partial charge < -0.3 is 14.7 Å². The normalized spacial score (nSPS) is 22.3. The van der Waals surface area contributed by atoms with Crippen molar-refractivity contribution < 1.29 is 32.2 Å². The van der Waals surface area contributed by atoms with Crippen LogP contribution in [-0.2, 0) is 29.1 Å². The Morgan fingerprint density at radius 1 is 1.07 bits per heavy atom. The van der Waals surface area contributed by atoms with Gasteiger partial charge in [0.05, 0.1) is 12.5 Å². The summed E-state index contributed by atoms with van der Waals surface area (Å²) in [7, 11) is -4.07. The minimum atomic E-state index is -4.07. The molecule has 2 aliphatic rings. The summed E-state index contributed by atoms with van der Waals surface area (Å²) < 4.78 is 49.5. The first-order valence-electron chi connectivity index (χ1n) is 13.9. The topological polar surface area (TPSA) is 113 Å². The Kier molecular flexibility index (Phi) is 9.15. The van der Waals surface area contributed by atoms with Crippen molar-refractivity contribution >= 4 is 45.1 Å². The molecule has 1 saturated heterocycles. The van der Waals surface area contributed by atoms with Gasteiger partial charge in [0.15, 0.2) is 0 Å². The maximum Gasteiger partial charge on any atom is 0.306 e. The van der Waals surface area contributed by atoms with Gasteiger partial charge in [-0.25, -0.2) is 17.5 Å². The van der Waals surface area contributed by atoms with Crippen molar-refractivity contribution in [2.75, 3.05) is 6.54 Å². The molecule has 228 valence electrons. The number of hydrogen-bond donors (Lipinski definition) is 2. The summed E-state index contributed by atoms with van der Waals surface area (Å²) in [6, 6.07) is 18.1. The highest BCUT2D eigenvalue weighted by atomic mass is 35.5. The standard InChI is InChI=1S/C31H31Cl2FN2O6S/c1-2-23(18-35-43(40,41)31(14-15-31)24-8-3-4-9-25(24)34)36-28(19-10-12-21(32)13-11-19)29(20-6-5-7-22(33)16-20)42-26(30(36)39)17-27(37)38/h3-13,16,23,26,28-29,35H,2,14-15,17-18H2,1H3,(H,37,38)/t23-,26?,28+,29+/m0/s1. The molecule has 1 aliphatic carbocycles. The fraction of sp³-hybridized carbons (Fsp3) is 0.355. The fourth-order valence-corrected chi connectivity index (χ4v) is 7.92. The maximum absolute atomic E-state index is 14.7. The van der Waals surface area contributed by atoms with Crippen LogP contribution in [0.3, 0.4) is 0 Å². The lowest BCUT2D eigenvalue weighted by atomic mass is 9.89. The van der Waals surface area contributed by atoms with Gasteiger partial charge in [-0.15, -0.1) is 0 Å². The zero-order chi connectivity index (χ0) is 30.9. The van der Waals surface area contributed by atoms with E-state index in [0.717, 1.165) is 0 Å². The van der Waals surface area contributed by atoms with Gasteiger partial charge in [0.1, 0.15) is 22.8 Å². The molecule has 4 atom stereocenters. The summed E-state index contributed by atoms with van der Waals surface area (Å²) in [6.45, 7) is 1.64. The van der Waals surface area contributed by atoms with E-state index < -0.39 is 63.2 Å². The van der Waals surface area contributed by atoms with Gasteiger partial charge in [-0.05, 0) is 60.7 Å². The third kappa shape index (κ3) is 6.30. The minimum Gasteiger partial charge on any atom is -0.481 e. The number of amides is 1. The highest BCUT2D eigenvalue weighted by molar-refractivity contribution is 7.90. The maximum atomic E-state index is 14.7. The first-order chi connectivity index (χ1) is 20.5. The molecule has 1 saturated carbocycles. The quantitative estimate of drug-likeness (QED) is 0.264. The van der Waals surface area contributed by atoms with Crippen LogP contribution < -0.4 is 4.72 Å². The number of sulfonamides is 1. The SMILES string of the molecule is CC[C@@H](CNS(=O)(=O)C1(c2ccccc2F)CC1)N1C(=O)C(CC(=O)O)O[C@H](c2cccc(Cl)c2)[C@H]1c1ccc(Cl)cc1. The van der Waals surface area contributed by atoms with E-state index in [0.29, 0.717) is 27.6 Å². The van der Waals surface area contributed by atoms with Crippen molar-refractivity contribution in [3.05, 3.63) is 105 Å². The molecule has 43 heavy (non-hydrogen) atoms. The predicted molar refractivity (Wildman–Crippen MR) is 161 cm³/mol. The Morgan fingerprint density at radius 2 is 1.77 bits per heavy atom. The van der Waals surface area contributed by atoms with Crippen LogP contribution in [0.5, 0.6) is 0 Å². The molecule has 1 heterocycles. The van der Waals surface area contributed by atoms with Gasteiger partial charge in [-0.2, -0.15) is 0 Å². The number of benzene rings is 3. The van der Waals surface area contributed by atoms with Crippen molar-refractivity contribution in [1.29, 1.82) is 0 Å². The first-order valence-corrected chi connectivity index (χ1v) is 16.2. The molecule has 1 amide bonds. The number of aliphatic carboxylic acids is 1. The van der Waals surface area contributed by atoms with Gasteiger partial charge in [0.2, 0.25) is 10.0 Å². The third-order valence-electron chi connectivity index (χ3n) is 8.13. The van der Waals surface area contributed by atoms with Crippen LogP contribution in [-0.4, -0.2) is 49.0 Å². The average molecular weight is 650 g/mol. The highest BCUT2D eigenvalue weighted by Crippen LogP contribution is 2.53. The summed E-state index contributed by atoms with van der Waals surface area (Å²) in [4.78, 5) is 27.3. The van der Waals surface area contributed by atoms with E-state index in [1.54, 1.807) is 54.6 Å². The number of carboxylic acids is 1. The van der Waals surface area contributed by atoms with E-state index in [9.17, 15) is 27.5 Å². The van der Waals surface area contributed by atoms with Gasteiger partial charge in [-0.3, -0.25) is 9.59 Å². The van der Waals surface area contributed by atoms with Crippen LogP contribution in [0.1, 0.15) is 61.4 Å². The van der Waals surface area contributed by atoms with Crippen molar-refractivity contribution in [3.63, 3.8) is 0 Å². The molecule has 0 spiro atoms. The summed E-state index contributed by atoms with van der Waals surface area (Å²) >= 11 is 12.5. The van der Waals surface area contributed by atoms with Crippen molar-refractivity contribution in [2.24, 2.45) is 0 Å². The average Bonchev–Trinajstić information content (AvgIpc) is 3.78. The van der Waals surface area contributed by atoms with E-state index in [4.69, 9.17) is 27.9 Å². The van der Waals surface area contributed by atoms with Crippen LogP contribution >= 0.6 is 23.2 Å². The van der Waals surface area contributed by atoms with Crippen LogP contribution in [0, 0.1) is 5.82 Å². The molecule has 0 bridgehead atoms. The molecule has 3 aromatic rings. The molecule has 0 aromatic heterocycles. The predicted octanol–water partition coefficient (Wildman–Crippen LogP) is 6.00. The number of ether oxygens (including phenoxy) is 1. The largest absolute Gasteiger partial charge is 0.481 e. The minimum absolute atomic E-state index is 0.111. The van der Waals surface area contributed by atoms with E-state index in [-0.39, 0.29) is 24.9 Å². The van der Waals surface area contributed by atoms with Gasteiger partial charge in [-0.1, -0.05) is 72.6 Å². The summed E-state index contributed by atoms with van der Waals surface area (Å²) in [5, 5.41) is 10.5. The van der Waals surface area contributed by atoms with Crippen molar-refractivity contribution in [3.8, 4) is 0 Å². The Bertz CT molecular complexity index is 1620. The van der Waals surface area contributed by atoms with E-state index in [2.05, 4.69) is 4.72 Å². The number of carboxylic acid groups (broad SMARTS) is 1. The molecule has 1 unspecified atom stereocenters. The summed E-state index contributed by atoms with van der Waals surface area (Å²) in [5.74, 6) is -2.39. The number of carbonyl (C=O) groups excluding carboxylic acids is 1. The molecule has 3 aromatic carbocycles. The molecule has 8 nitrogen and oxygen atoms in total. The van der Waals surface area contributed by atoms with E-state index >= 15 is 0 Å². The molecular weight excluding hydrogens is 618 g/mol. The summed E-state index contributed by atoms with van der Waals surface area (Å²) in [5.41, 5.74) is 1.38. The Balaban J connectivity index is 1.54. The van der Waals surface area contributed by atoms with Gasteiger partial charge in [0, 0.05) is 28.2 Å². The zero-order valence-corrected chi connectivity index (χ0v) is 25.6. The lowest BCUT2D eigenvalue weighted by Crippen LogP contribution is -2.57. The smallest absolute Gasteiger partial charge is 0.306 e. The number of hydrogen-bond acceptors (Lipinski definition) is 5. The van der Waals surface area contributed by atoms with Crippen molar-refractivity contribution in [2.45, 2.75) is 61.6 Å². The Labute approximate surface area is 259 Å². The molecule has 5 rings (SSSR count). The Hall–Kier alpha value is -3.02. The van der Waals surface area contributed by atoms with Crippen LogP contribution in [0.15, 0.2) is 72.8 Å². The molecular formula is C31H31Cl2FN2O6S. The molecule has 2 N–H and O–H groups in total. The molecule has 12 heteroatoms. The number of halogens is 3. The van der Waals surface area contributed by atoms with Crippen molar-refractivity contribution in [1.82, 2.24) is 9.62 Å². The monoisotopic (exact) mass is 648 g/mol. The molecule has 0 radical (unpaired) electrons. The summed E-state index contributed by atoms with van der Waals surface area (Å²) in [6.07, 6.45) is -1.89. The number of morpholine rings is 1. The fourth-order valence-electron chi connectivity index (χ4n) is 5.81. The lowest BCUT2D eigenvalue weighted by Gasteiger charge is -2.48. The highest BCUT2D eigenvalue weighted by Gasteiger charge is 2.57. The number of nitrogens with zero attached hydrogens (tertiary/aromatic N) is 1. The third-order valence-corrected chi connectivity index (χ3v) is 10.8. The second-order valence-electron chi connectivity index (χ2n) is 10.8. The van der Waals surface area contributed by atoms with E-state index in [1.165, 1.54) is 23.1 Å². The van der Waals surface area contributed by atoms with Gasteiger partial charge >= 0.3 is 5.97 Å². The van der Waals surface area contributed by atoms with Crippen LogP contribution in [0.4, 0.5) is 4.39 Å². The number of carbonyl (C=O) groups is 2. The van der Waals surface area contributed by atoms with Gasteiger partial charge in [0.25, 0.3) is 5.91 Å².